The average Bonchev–Trinajstić information content (AvgIpc) is 3.01. The van der Waals surface area contributed by atoms with Crippen LogP contribution in [0.4, 0.5) is 0 Å². The fraction of sp³-hybridized carbons (Fsp3) is 0.643. The number of hydrogen-bond donors (Lipinski definition) is 0. The third-order valence-electron chi connectivity index (χ3n) is 3.45. The van der Waals surface area contributed by atoms with Crippen molar-refractivity contribution in [3.05, 3.63) is 24.2 Å². The summed E-state index contributed by atoms with van der Waals surface area (Å²) in [5.41, 5.74) is 0. The van der Waals surface area contributed by atoms with E-state index in [2.05, 4.69) is 11.8 Å². The molecule has 2 heterocycles. The van der Waals surface area contributed by atoms with Gasteiger partial charge in [-0.3, -0.25) is 4.90 Å². The van der Waals surface area contributed by atoms with E-state index in [0.29, 0.717) is 12.6 Å². The van der Waals surface area contributed by atoms with E-state index in [1.54, 1.807) is 12.1 Å². The first kappa shape index (κ1) is 13.1. The van der Waals surface area contributed by atoms with Crippen molar-refractivity contribution in [3.8, 4) is 0 Å². The number of likely N-dealkylation sites (tertiary alicyclic amines) is 1. The highest BCUT2D eigenvalue weighted by Gasteiger charge is 2.23. The summed E-state index contributed by atoms with van der Waals surface area (Å²) in [5, 5.41) is 0. The molecule has 1 atom stereocenters. The second kappa shape index (κ2) is 6.59. The smallest absolute Gasteiger partial charge is 0.374 e. The largest absolute Gasteiger partial charge is 0.458 e. The summed E-state index contributed by atoms with van der Waals surface area (Å²) < 4.78 is 10.2. The summed E-state index contributed by atoms with van der Waals surface area (Å²) in [5.74, 6) is -0.0900. The van der Waals surface area contributed by atoms with Gasteiger partial charge in [0.05, 0.1) is 6.26 Å². The van der Waals surface area contributed by atoms with Gasteiger partial charge in [0.1, 0.15) is 6.61 Å². The summed E-state index contributed by atoms with van der Waals surface area (Å²) in [7, 11) is 0. The first-order valence-corrected chi connectivity index (χ1v) is 6.76. The molecule has 0 bridgehead atoms. The quantitative estimate of drug-likeness (QED) is 0.729. The Balaban J connectivity index is 1.70. The molecule has 4 nitrogen and oxygen atoms in total. The van der Waals surface area contributed by atoms with Gasteiger partial charge in [-0.15, -0.1) is 0 Å². The maximum Gasteiger partial charge on any atom is 0.374 e. The van der Waals surface area contributed by atoms with Crippen LogP contribution in [0.2, 0.25) is 0 Å². The lowest BCUT2D eigenvalue weighted by Crippen LogP contribution is -2.32. The van der Waals surface area contributed by atoms with Crippen molar-refractivity contribution >= 4 is 5.97 Å². The van der Waals surface area contributed by atoms with Gasteiger partial charge in [0.15, 0.2) is 0 Å². The van der Waals surface area contributed by atoms with Crippen molar-refractivity contribution in [1.82, 2.24) is 4.90 Å². The van der Waals surface area contributed by atoms with Crippen LogP contribution >= 0.6 is 0 Å². The van der Waals surface area contributed by atoms with E-state index in [1.165, 1.54) is 31.9 Å². The monoisotopic (exact) mass is 251 g/mol. The van der Waals surface area contributed by atoms with Crippen molar-refractivity contribution in [1.29, 1.82) is 0 Å². The zero-order valence-corrected chi connectivity index (χ0v) is 10.9. The van der Waals surface area contributed by atoms with Crippen LogP contribution in [0.1, 0.15) is 43.2 Å². The number of carbonyl (C=O) groups is 1. The Labute approximate surface area is 108 Å². The Hall–Kier alpha value is -1.29. The van der Waals surface area contributed by atoms with E-state index in [1.807, 2.05) is 0 Å². The van der Waals surface area contributed by atoms with E-state index >= 15 is 0 Å². The number of rotatable bonds is 6. The molecule has 1 aromatic rings. The van der Waals surface area contributed by atoms with Gasteiger partial charge in [-0.25, -0.2) is 4.79 Å². The summed E-state index contributed by atoms with van der Waals surface area (Å²) in [6.07, 6.45) is 6.48. The van der Waals surface area contributed by atoms with Crippen LogP contribution in [0.15, 0.2) is 22.8 Å². The van der Waals surface area contributed by atoms with Gasteiger partial charge in [-0.1, -0.05) is 13.3 Å². The molecule has 0 radical (unpaired) electrons. The molecule has 0 aromatic carbocycles. The lowest BCUT2D eigenvalue weighted by Gasteiger charge is -2.23. The van der Waals surface area contributed by atoms with E-state index in [4.69, 9.17) is 9.15 Å². The Kier molecular flexibility index (Phi) is 4.81. The van der Waals surface area contributed by atoms with Crippen LogP contribution in [-0.2, 0) is 4.74 Å². The topological polar surface area (TPSA) is 42.7 Å². The molecule has 4 heteroatoms. The first-order chi connectivity index (χ1) is 8.81. The highest BCUT2D eigenvalue weighted by Crippen LogP contribution is 2.20. The van der Waals surface area contributed by atoms with Crippen molar-refractivity contribution in [2.24, 2.45) is 0 Å². The van der Waals surface area contributed by atoms with Crippen LogP contribution < -0.4 is 0 Å². The minimum absolute atomic E-state index is 0.279. The molecule has 0 spiro atoms. The van der Waals surface area contributed by atoms with Crippen LogP contribution in [0, 0.1) is 0 Å². The SMILES string of the molecule is CCCC1CCCN1CCOC(=O)c1ccco1. The highest BCUT2D eigenvalue weighted by atomic mass is 16.5. The molecule has 0 amide bonds. The fourth-order valence-corrected chi connectivity index (χ4v) is 2.57. The summed E-state index contributed by atoms with van der Waals surface area (Å²) in [4.78, 5) is 14.0. The van der Waals surface area contributed by atoms with Crippen LogP contribution in [0.3, 0.4) is 0 Å². The molecule has 0 N–H and O–H groups in total. The third kappa shape index (κ3) is 3.35. The van der Waals surface area contributed by atoms with Gasteiger partial charge < -0.3 is 9.15 Å². The Morgan fingerprint density at radius 3 is 3.22 bits per heavy atom. The highest BCUT2D eigenvalue weighted by molar-refractivity contribution is 5.86. The van der Waals surface area contributed by atoms with Crippen molar-refractivity contribution in [3.63, 3.8) is 0 Å². The molecule has 1 aliphatic heterocycles. The van der Waals surface area contributed by atoms with Crippen LogP contribution in [-0.4, -0.2) is 36.6 Å². The van der Waals surface area contributed by atoms with Crippen molar-refractivity contribution in [2.75, 3.05) is 19.7 Å². The maximum absolute atomic E-state index is 11.6. The van der Waals surface area contributed by atoms with Gasteiger partial charge in [-0.2, -0.15) is 0 Å². The lowest BCUT2D eigenvalue weighted by molar-refractivity contribution is 0.0418. The molecule has 0 aliphatic carbocycles. The molecule has 1 aliphatic rings. The normalized spacial score (nSPS) is 20.2. The Morgan fingerprint density at radius 1 is 1.61 bits per heavy atom. The van der Waals surface area contributed by atoms with E-state index in [0.717, 1.165) is 13.1 Å². The number of furan rings is 1. The number of hydrogen-bond acceptors (Lipinski definition) is 4. The van der Waals surface area contributed by atoms with Crippen molar-refractivity contribution < 1.29 is 13.9 Å². The van der Waals surface area contributed by atoms with Crippen LogP contribution in [0.25, 0.3) is 0 Å². The minimum atomic E-state index is -0.369. The number of carbonyl (C=O) groups excluding carboxylic acids is 1. The molecule has 2 rings (SSSR count). The van der Waals surface area contributed by atoms with Gasteiger partial charge >= 0.3 is 5.97 Å². The lowest BCUT2D eigenvalue weighted by atomic mass is 10.1. The second-order valence-corrected chi connectivity index (χ2v) is 4.73. The second-order valence-electron chi connectivity index (χ2n) is 4.73. The fourth-order valence-electron chi connectivity index (χ4n) is 2.57. The summed E-state index contributed by atoms with van der Waals surface area (Å²) in [6.45, 7) is 4.62. The molecule has 18 heavy (non-hydrogen) atoms. The van der Waals surface area contributed by atoms with E-state index in [9.17, 15) is 4.79 Å². The molecular formula is C14H21NO3. The summed E-state index contributed by atoms with van der Waals surface area (Å²) in [6, 6.07) is 3.99. The number of esters is 1. The Bertz CT molecular complexity index is 361. The standard InChI is InChI=1S/C14H21NO3/c1-2-5-12-6-3-8-15(12)9-11-18-14(16)13-7-4-10-17-13/h4,7,10,12H,2-3,5-6,8-9,11H2,1H3. The van der Waals surface area contributed by atoms with E-state index < -0.39 is 0 Å². The predicted molar refractivity (Wildman–Crippen MR) is 68.5 cm³/mol. The minimum Gasteiger partial charge on any atom is -0.458 e. The molecule has 1 aromatic heterocycles. The number of ether oxygens (including phenoxy) is 1. The van der Waals surface area contributed by atoms with Crippen molar-refractivity contribution in [2.45, 2.75) is 38.6 Å². The molecule has 1 fully saturated rings. The molecular weight excluding hydrogens is 230 g/mol. The van der Waals surface area contributed by atoms with Gasteiger partial charge in [0.25, 0.3) is 0 Å². The third-order valence-corrected chi connectivity index (χ3v) is 3.45. The number of nitrogens with zero attached hydrogens (tertiary/aromatic N) is 1. The predicted octanol–water partition coefficient (Wildman–Crippen LogP) is 2.70. The van der Waals surface area contributed by atoms with Crippen LogP contribution in [0.5, 0.6) is 0 Å². The first-order valence-electron chi connectivity index (χ1n) is 6.76. The molecule has 0 saturated carbocycles. The summed E-state index contributed by atoms with van der Waals surface area (Å²) >= 11 is 0. The van der Waals surface area contributed by atoms with Gasteiger partial charge in [0.2, 0.25) is 5.76 Å². The van der Waals surface area contributed by atoms with Gasteiger partial charge in [0, 0.05) is 12.6 Å². The molecule has 1 unspecified atom stereocenters. The molecule has 1 saturated heterocycles. The zero-order valence-electron chi connectivity index (χ0n) is 10.9. The van der Waals surface area contributed by atoms with Gasteiger partial charge in [-0.05, 0) is 37.9 Å². The Morgan fingerprint density at radius 2 is 2.50 bits per heavy atom. The zero-order chi connectivity index (χ0) is 12.8. The average molecular weight is 251 g/mol. The van der Waals surface area contributed by atoms with E-state index in [-0.39, 0.29) is 11.7 Å². The maximum atomic E-state index is 11.6. The molecule has 100 valence electrons.